The van der Waals surface area contributed by atoms with Crippen LogP contribution in [0.3, 0.4) is 0 Å². The first-order valence-corrected chi connectivity index (χ1v) is 8.33. The van der Waals surface area contributed by atoms with E-state index >= 15 is 0 Å². The third kappa shape index (κ3) is 2.47. The highest BCUT2D eigenvalue weighted by Crippen LogP contribution is 2.39. The average molecular weight is 314 g/mol. The standard InChI is InChI=1S/C21H14OS/c22-20(16-11-5-2-6-12-16)21-19(15-9-3-1-4-10-15)17-13-7-8-14-18(17)23-21/h1-14H. The van der Waals surface area contributed by atoms with Gasteiger partial charge in [-0.2, -0.15) is 0 Å². The number of carbonyl (C=O) groups is 1. The highest BCUT2D eigenvalue weighted by molar-refractivity contribution is 7.21. The SMILES string of the molecule is O=C(c1ccccc1)c1sc2ccccc2c1-c1ccccc1. The van der Waals surface area contributed by atoms with Crippen molar-refractivity contribution in [1.29, 1.82) is 0 Å². The van der Waals surface area contributed by atoms with Crippen molar-refractivity contribution >= 4 is 27.2 Å². The molecule has 1 heterocycles. The fourth-order valence-electron chi connectivity index (χ4n) is 2.82. The molecular weight excluding hydrogens is 300 g/mol. The molecule has 0 amide bonds. The Hall–Kier alpha value is -2.71. The van der Waals surface area contributed by atoms with Crippen LogP contribution < -0.4 is 0 Å². The molecular formula is C21H14OS. The van der Waals surface area contributed by atoms with E-state index in [2.05, 4.69) is 24.3 Å². The summed E-state index contributed by atoms with van der Waals surface area (Å²) >= 11 is 1.57. The van der Waals surface area contributed by atoms with Crippen molar-refractivity contribution in [2.45, 2.75) is 0 Å². The van der Waals surface area contributed by atoms with E-state index in [4.69, 9.17) is 0 Å². The molecule has 2 heteroatoms. The molecule has 1 aromatic heterocycles. The number of hydrogen-bond donors (Lipinski definition) is 0. The number of rotatable bonds is 3. The summed E-state index contributed by atoms with van der Waals surface area (Å²) in [5.74, 6) is 0.0886. The zero-order chi connectivity index (χ0) is 15.6. The Morgan fingerprint density at radius 2 is 1.30 bits per heavy atom. The largest absolute Gasteiger partial charge is 0.288 e. The number of benzene rings is 3. The van der Waals surface area contributed by atoms with Crippen LogP contribution >= 0.6 is 11.3 Å². The smallest absolute Gasteiger partial charge is 0.203 e. The molecule has 0 saturated heterocycles. The number of hydrogen-bond acceptors (Lipinski definition) is 2. The van der Waals surface area contributed by atoms with Crippen LogP contribution in [-0.4, -0.2) is 5.78 Å². The van der Waals surface area contributed by atoms with Crippen molar-refractivity contribution in [3.8, 4) is 11.1 Å². The average Bonchev–Trinajstić information content (AvgIpc) is 3.02. The third-order valence-electron chi connectivity index (χ3n) is 3.90. The van der Waals surface area contributed by atoms with Gasteiger partial charge in [0.15, 0.2) is 0 Å². The Balaban J connectivity index is 1.98. The van der Waals surface area contributed by atoms with Crippen molar-refractivity contribution in [2.75, 3.05) is 0 Å². The third-order valence-corrected chi connectivity index (χ3v) is 5.07. The molecule has 0 aliphatic carbocycles. The van der Waals surface area contributed by atoms with Gasteiger partial charge in [0.1, 0.15) is 0 Å². The zero-order valence-corrected chi connectivity index (χ0v) is 13.2. The maximum absolute atomic E-state index is 13.0. The molecule has 4 rings (SSSR count). The molecule has 0 bridgehead atoms. The molecule has 0 atom stereocenters. The summed E-state index contributed by atoms with van der Waals surface area (Å²) < 4.78 is 1.14. The Morgan fingerprint density at radius 1 is 0.696 bits per heavy atom. The van der Waals surface area contributed by atoms with Crippen LogP contribution in [0, 0.1) is 0 Å². The summed E-state index contributed by atoms with van der Waals surface area (Å²) in [5.41, 5.74) is 2.86. The summed E-state index contributed by atoms with van der Waals surface area (Å²) in [6.45, 7) is 0. The van der Waals surface area contributed by atoms with Crippen LogP contribution in [0.15, 0.2) is 84.9 Å². The first-order valence-electron chi connectivity index (χ1n) is 7.51. The summed E-state index contributed by atoms with van der Waals surface area (Å²) in [6.07, 6.45) is 0. The summed E-state index contributed by atoms with van der Waals surface area (Å²) in [4.78, 5) is 13.8. The number of thiophene rings is 1. The number of ketones is 1. The van der Waals surface area contributed by atoms with Crippen LogP contribution in [0.4, 0.5) is 0 Å². The van der Waals surface area contributed by atoms with Gasteiger partial charge in [0.05, 0.1) is 4.88 Å². The lowest BCUT2D eigenvalue weighted by molar-refractivity contribution is 0.104. The van der Waals surface area contributed by atoms with Gasteiger partial charge in [0.2, 0.25) is 5.78 Å². The summed E-state index contributed by atoms with van der Waals surface area (Å²) in [5, 5.41) is 1.14. The number of fused-ring (bicyclic) bond motifs is 1. The van der Waals surface area contributed by atoms with Crippen molar-refractivity contribution in [3.63, 3.8) is 0 Å². The van der Waals surface area contributed by atoms with Gasteiger partial charge < -0.3 is 0 Å². The molecule has 0 aliphatic heterocycles. The van der Waals surface area contributed by atoms with Crippen LogP contribution in [0.25, 0.3) is 21.2 Å². The molecule has 1 nitrogen and oxygen atoms in total. The van der Waals surface area contributed by atoms with Crippen LogP contribution in [0.5, 0.6) is 0 Å². The quantitative estimate of drug-likeness (QED) is 0.437. The normalized spacial score (nSPS) is 10.8. The van der Waals surface area contributed by atoms with Crippen LogP contribution in [0.1, 0.15) is 15.2 Å². The first-order chi connectivity index (χ1) is 11.3. The van der Waals surface area contributed by atoms with Crippen molar-refractivity contribution in [1.82, 2.24) is 0 Å². The molecule has 23 heavy (non-hydrogen) atoms. The lowest BCUT2D eigenvalue weighted by Crippen LogP contribution is -1.99. The molecule has 4 aromatic rings. The van der Waals surface area contributed by atoms with E-state index in [1.54, 1.807) is 11.3 Å². The Kier molecular flexibility index (Phi) is 3.52. The topological polar surface area (TPSA) is 17.1 Å². The molecule has 3 aromatic carbocycles. The predicted molar refractivity (Wildman–Crippen MR) is 97.1 cm³/mol. The first kappa shape index (κ1) is 13.9. The minimum atomic E-state index is 0.0886. The fraction of sp³-hybridized carbons (Fsp3) is 0. The van der Waals surface area contributed by atoms with Gasteiger partial charge in [-0.1, -0.05) is 78.9 Å². The Labute approximate surface area is 138 Å². The van der Waals surface area contributed by atoms with Gasteiger partial charge in [-0.25, -0.2) is 0 Å². The van der Waals surface area contributed by atoms with Gasteiger partial charge in [-0.05, 0) is 11.6 Å². The minimum absolute atomic E-state index is 0.0886. The maximum Gasteiger partial charge on any atom is 0.203 e. The zero-order valence-electron chi connectivity index (χ0n) is 12.4. The van der Waals surface area contributed by atoms with Crippen molar-refractivity contribution < 1.29 is 4.79 Å². The van der Waals surface area contributed by atoms with E-state index in [9.17, 15) is 4.79 Å². The van der Waals surface area contributed by atoms with Crippen molar-refractivity contribution in [2.24, 2.45) is 0 Å². The van der Waals surface area contributed by atoms with Crippen LogP contribution in [0.2, 0.25) is 0 Å². The van der Waals surface area contributed by atoms with Crippen molar-refractivity contribution in [3.05, 3.63) is 95.4 Å². The molecule has 0 spiro atoms. The predicted octanol–water partition coefficient (Wildman–Crippen LogP) is 5.80. The molecule has 0 N–H and O–H groups in total. The molecule has 0 radical (unpaired) electrons. The van der Waals surface area contributed by atoms with Gasteiger partial charge in [0, 0.05) is 21.2 Å². The lowest BCUT2D eigenvalue weighted by atomic mass is 9.98. The second-order valence-corrected chi connectivity index (χ2v) is 6.42. The second kappa shape index (κ2) is 5.82. The molecule has 0 saturated carbocycles. The summed E-state index contributed by atoms with van der Waals surface area (Å²) in [6, 6.07) is 27.9. The van der Waals surface area contributed by atoms with E-state index in [-0.39, 0.29) is 5.78 Å². The monoisotopic (exact) mass is 314 g/mol. The second-order valence-electron chi connectivity index (χ2n) is 5.36. The van der Waals surface area contributed by atoms with E-state index in [1.807, 2.05) is 60.7 Å². The Morgan fingerprint density at radius 3 is 2.04 bits per heavy atom. The van der Waals surface area contributed by atoms with E-state index in [0.29, 0.717) is 0 Å². The molecule has 0 unspecified atom stereocenters. The molecule has 0 fully saturated rings. The van der Waals surface area contributed by atoms with Gasteiger partial charge in [-0.15, -0.1) is 11.3 Å². The Bertz CT molecular complexity index is 969. The van der Waals surface area contributed by atoms with Gasteiger partial charge >= 0.3 is 0 Å². The van der Waals surface area contributed by atoms with E-state index < -0.39 is 0 Å². The number of carbonyl (C=O) groups excluding carboxylic acids is 1. The van der Waals surface area contributed by atoms with Gasteiger partial charge in [-0.3, -0.25) is 4.79 Å². The highest BCUT2D eigenvalue weighted by Gasteiger charge is 2.20. The molecule has 0 aliphatic rings. The summed E-state index contributed by atoms with van der Waals surface area (Å²) in [7, 11) is 0. The van der Waals surface area contributed by atoms with E-state index in [1.165, 1.54) is 0 Å². The fourth-order valence-corrected chi connectivity index (χ4v) is 4.00. The maximum atomic E-state index is 13.0. The van der Waals surface area contributed by atoms with Gasteiger partial charge in [0.25, 0.3) is 0 Å². The highest BCUT2D eigenvalue weighted by atomic mass is 32.1. The minimum Gasteiger partial charge on any atom is -0.288 e. The molecule has 110 valence electrons. The lowest BCUT2D eigenvalue weighted by Gasteiger charge is -2.05. The van der Waals surface area contributed by atoms with E-state index in [0.717, 1.165) is 31.7 Å². The van der Waals surface area contributed by atoms with Crippen LogP contribution in [-0.2, 0) is 0 Å².